The lowest BCUT2D eigenvalue weighted by atomic mass is 9.44. The molecule has 4 aliphatic carbocycles. The SMILES string of the molecule is C[C@@H]1C[C@H]2[C@@H]3C[C@H](F)C4=CC(=O)C=C[C@]4(C)[C@@]3(F)[C@@H](O)C[C@]2(C)[C@@]1(OC(=O)c1ccco1)C(=O)SCC#CCOC(=O)N(C)C1COC(C)(C)O1. The van der Waals surface area contributed by atoms with Crippen molar-refractivity contribution in [1.29, 1.82) is 0 Å². The smallest absolute Gasteiger partial charge is 0.412 e. The largest absolute Gasteiger partial charge is 0.457 e. The molecule has 10 atom stereocenters. The molecule has 1 aliphatic heterocycles. The zero-order valence-corrected chi connectivity index (χ0v) is 30.2. The van der Waals surface area contributed by atoms with Crippen LogP contribution in [0.15, 0.2) is 46.6 Å². The quantitative estimate of drug-likeness (QED) is 0.306. The standard InChI is InChI=1S/C37H43F2NO10S/c1-21-16-23-24-18-26(38)25-17-22(41)11-12-34(25,4)36(24,39)28(42)19-35(23,5)37(21,50-30(43)27-10-9-14-46-27)31(44)51-15-8-7-13-47-32(45)40(6)29-20-48-33(2,3)49-29/h9-12,14,17,21,23-24,26,28-29,42H,13,15-16,18-20H2,1-6H3/t21-,23+,24+,26+,28+,29?,34+,35+,36+,37+/m1/s1. The summed E-state index contributed by atoms with van der Waals surface area (Å²) < 4.78 is 61.5. The van der Waals surface area contributed by atoms with Crippen LogP contribution in [0.3, 0.4) is 0 Å². The molecule has 1 saturated heterocycles. The van der Waals surface area contributed by atoms with E-state index in [9.17, 15) is 24.3 Å². The molecule has 6 rings (SSSR count). The van der Waals surface area contributed by atoms with E-state index in [1.54, 1.807) is 27.7 Å². The Morgan fingerprint density at radius 3 is 2.57 bits per heavy atom. The van der Waals surface area contributed by atoms with E-state index in [4.69, 9.17) is 23.4 Å². The van der Waals surface area contributed by atoms with Crippen LogP contribution >= 0.6 is 11.8 Å². The molecule has 0 bridgehead atoms. The van der Waals surface area contributed by atoms with E-state index in [-0.39, 0.29) is 49.6 Å². The number of furan rings is 1. The summed E-state index contributed by atoms with van der Waals surface area (Å²) in [4.78, 5) is 53.9. The van der Waals surface area contributed by atoms with E-state index in [2.05, 4.69) is 11.8 Å². The highest BCUT2D eigenvalue weighted by Crippen LogP contribution is 2.72. The Morgan fingerprint density at radius 1 is 1.16 bits per heavy atom. The molecule has 4 fully saturated rings. The molecule has 51 heavy (non-hydrogen) atoms. The maximum absolute atomic E-state index is 17.8. The number of aliphatic hydroxyl groups excluding tert-OH is 1. The Labute approximate surface area is 299 Å². The topological polar surface area (TPSA) is 142 Å². The minimum atomic E-state index is -2.37. The van der Waals surface area contributed by atoms with Gasteiger partial charge in [-0.2, -0.15) is 0 Å². The number of alkyl halides is 2. The average Bonchev–Trinajstić information content (AvgIpc) is 3.79. The van der Waals surface area contributed by atoms with Gasteiger partial charge < -0.3 is 28.5 Å². The summed E-state index contributed by atoms with van der Waals surface area (Å²) >= 11 is 0.788. The van der Waals surface area contributed by atoms with Gasteiger partial charge in [0, 0.05) is 29.7 Å². The molecule has 1 aromatic rings. The number of amides is 1. The van der Waals surface area contributed by atoms with Crippen molar-refractivity contribution in [2.75, 3.05) is 26.0 Å². The number of carbonyl (C=O) groups is 4. The fourth-order valence-electron chi connectivity index (χ4n) is 9.30. The molecule has 1 N–H and O–H groups in total. The van der Waals surface area contributed by atoms with E-state index in [1.165, 1.54) is 49.4 Å². The summed E-state index contributed by atoms with van der Waals surface area (Å²) in [5, 5.41) is 11.2. The number of aliphatic hydroxyl groups is 1. The summed E-state index contributed by atoms with van der Waals surface area (Å²) in [6.07, 6.45) is -0.0985. The van der Waals surface area contributed by atoms with Gasteiger partial charge in [0.15, 0.2) is 35.7 Å². The third kappa shape index (κ3) is 5.84. The first-order valence-corrected chi connectivity index (χ1v) is 18.0. The van der Waals surface area contributed by atoms with E-state index < -0.39 is 87.1 Å². The number of rotatable bonds is 6. The first-order valence-electron chi connectivity index (χ1n) is 17.0. The first kappa shape index (κ1) is 37.3. The maximum Gasteiger partial charge on any atom is 0.412 e. The Kier molecular flexibility index (Phi) is 9.62. The van der Waals surface area contributed by atoms with Gasteiger partial charge >= 0.3 is 12.1 Å². The van der Waals surface area contributed by atoms with Crippen LogP contribution in [0.5, 0.6) is 0 Å². The lowest BCUT2D eigenvalue weighted by Gasteiger charge is -2.63. The summed E-state index contributed by atoms with van der Waals surface area (Å²) in [5.74, 6) is 0.664. The van der Waals surface area contributed by atoms with Crippen molar-refractivity contribution < 1.29 is 56.4 Å². The van der Waals surface area contributed by atoms with Crippen molar-refractivity contribution in [2.45, 2.75) is 89.4 Å². The van der Waals surface area contributed by atoms with Gasteiger partial charge in [0.05, 0.1) is 24.7 Å². The Hall–Kier alpha value is -3.51. The van der Waals surface area contributed by atoms with Gasteiger partial charge in [-0.1, -0.05) is 43.5 Å². The van der Waals surface area contributed by atoms with Gasteiger partial charge in [-0.3, -0.25) is 14.5 Å². The fraction of sp³-hybridized carbons (Fsp3) is 0.622. The van der Waals surface area contributed by atoms with Crippen LogP contribution in [-0.4, -0.2) is 94.5 Å². The molecule has 2 heterocycles. The Balaban J connectivity index is 1.24. The predicted octanol–water partition coefficient (Wildman–Crippen LogP) is 5.18. The van der Waals surface area contributed by atoms with Gasteiger partial charge in [-0.25, -0.2) is 18.4 Å². The average molecular weight is 732 g/mol. The number of hydrogen-bond acceptors (Lipinski definition) is 11. The van der Waals surface area contributed by atoms with Crippen LogP contribution in [0.1, 0.15) is 64.4 Å². The lowest BCUT2D eigenvalue weighted by molar-refractivity contribution is -0.221. The van der Waals surface area contributed by atoms with Crippen molar-refractivity contribution in [1.82, 2.24) is 4.90 Å². The summed E-state index contributed by atoms with van der Waals surface area (Å²) in [7, 11) is 1.51. The lowest BCUT2D eigenvalue weighted by Crippen LogP contribution is -2.70. The second-order valence-corrected chi connectivity index (χ2v) is 15.9. The molecular formula is C37H43F2NO10S. The number of halogens is 2. The second-order valence-electron chi connectivity index (χ2n) is 15.0. The number of nitrogens with zero attached hydrogens (tertiary/aromatic N) is 1. The van der Waals surface area contributed by atoms with E-state index in [0.717, 1.165) is 17.8 Å². The third-order valence-corrected chi connectivity index (χ3v) is 12.7. The summed E-state index contributed by atoms with van der Waals surface area (Å²) in [5.41, 5.74) is -7.21. The number of allylic oxidation sites excluding steroid dienone is 4. The molecule has 0 spiro atoms. The number of ketones is 1. The molecule has 3 saturated carbocycles. The number of fused-ring (bicyclic) bond motifs is 5. The van der Waals surface area contributed by atoms with Crippen LogP contribution in [0.2, 0.25) is 0 Å². The van der Waals surface area contributed by atoms with Crippen LogP contribution in [0.25, 0.3) is 0 Å². The predicted molar refractivity (Wildman–Crippen MR) is 179 cm³/mol. The zero-order valence-electron chi connectivity index (χ0n) is 29.4. The summed E-state index contributed by atoms with van der Waals surface area (Å²) in [6.45, 7) is 8.31. The number of ether oxygens (including phenoxy) is 4. The zero-order chi connectivity index (χ0) is 37.1. The maximum atomic E-state index is 17.8. The van der Waals surface area contributed by atoms with Crippen LogP contribution in [0, 0.1) is 40.4 Å². The monoisotopic (exact) mass is 731 g/mol. The van der Waals surface area contributed by atoms with Crippen molar-refractivity contribution in [3.05, 3.63) is 48.0 Å². The second kappa shape index (κ2) is 13.2. The molecule has 0 aromatic carbocycles. The van der Waals surface area contributed by atoms with Crippen molar-refractivity contribution >= 4 is 34.7 Å². The van der Waals surface area contributed by atoms with Gasteiger partial charge in [-0.05, 0) is 75.8 Å². The van der Waals surface area contributed by atoms with Gasteiger partial charge in [-0.15, -0.1) is 0 Å². The molecule has 1 amide bonds. The highest BCUT2D eigenvalue weighted by molar-refractivity contribution is 8.14. The number of hydrogen-bond donors (Lipinski definition) is 1. The van der Waals surface area contributed by atoms with Crippen molar-refractivity contribution in [3.63, 3.8) is 0 Å². The molecule has 0 radical (unpaired) electrons. The van der Waals surface area contributed by atoms with Gasteiger partial charge in [0.1, 0.15) is 6.17 Å². The molecule has 11 nitrogen and oxygen atoms in total. The van der Waals surface area contributed by atoms with Crippen LogP contribution in [-0.2, 0) is 28.5 Å². The minimum absolute atomic E-state index is 0.00896. The first-order chi connectivity index (χ1) is 23.9. The third-order valence-electron chi connectivity index (χ3n) is 11.8. The molecular weight excluding hydrogens is 688 g/mol. The normalized spacial score (nSPS) is 39.1. The van der Waals surface area contributed by atoms with E-state index >= 15 is 8.78 Å². The molecule has 5 aliphatic rings. The molecule has 1 aromatic heterocycles. The number of thioether (sulfide) groups is 1. The Morgan fingerprint density at radius 2 is 1.90 bits per heavy atom. The van der Waals surface area contributed by atoms with Gasteiger partial charge in [0.25, 0.3) is 0 Å². The fourth-order valence-corrected chi connectivity index (χ4v) is 10.3. The molecule has 14 heteroatoms. The molecule has 1 unspecified atom stereocenters. The van der Waals surface area contributed by atoms with E-state index in [0.29, 0.717) is 0 Å². The highest BCUT2D eigenvalue weighted by atomic mass is 32.2. The number of likely N-dealkylation sites (N-methyl/N-ethyl adjacent to an activating group) is 1. The number of carbonyl (C=O) groups excluding carboxylic acids is 4. The number of esters is 1. The van der Waals surface area contributed by atoms with Gasteiger partial charge in [0.2, 0.25) is 10.9 Å². The summed E-state index contributed by atoms with van der Waals surface area (Å²) in [6, 6.07) is 2.89. The van der Waals surface area contributed by atoms with Crippen LogP contribution < -0.4 is 0 Å². The van der Waals surface area contributed by atoms with Crippen molar-refractivity contribution in [2.24, 2.45) is 28.6 Å². The molecule has 276 valence electrons. The van der Waals surface area contributed by atoms with Crippen LogP contribution in [0.4, 0.5) is 13.6 Å². The highest BCUT2D eigenvalue weighted by Gasteiger charge is 2.78. The minimum Gasteiger partial charge on any atom is -0.457 e. The Bertz CT molecular complexity index is 1720. The van der Waals surface area contributed by atoms with Crippen molar-refractivity contribution in [3.8, 4) is 11.8 Å². The van der Waals surface area contributed by atoms with E-state index in [1.807, 2.05) is 0 Å².